The fourth-order valence-corrected chi connectivity index (χ4v) is 3.50. The first-order valence-electron chi connectivity index (χ1n) is 8.01. The molecule has 1 N–H and O–H groups in total. The van der Waals surface area contributed by atoms with E-state index in [4.69, 9.17) is 4.74 Å². The highest BCUT2D eigenvalue weighted by molar-refractivity contribution is 6.02. The molecule has 1 saturated carbocycles. The molecule has 1 aliphatic carbocycles. The predicted octanol–water partition coefficient (Wildman–Crippen LogP) is 4.73. The Kier molecular flexibility index (Phi) is 3.81. The van der Waals surface area contributed by atoms with E-state index in [0.717, 1.165) is 43.1 Å². The van der Waals surface area contributed by atoms with Gasteiger partial charge in [-0.05, 0) is 56.0 Å². The minimum absolute atomic E-state index is 0.0236. The molecule has 3 rings (SSSR count). The summed E-state index contributed by atoms with van der Waals surface area (Å²) in [6.07, 6.45) is 4.87. The number of phenols is 1. The first-order chi connectivity index (χ1) is 10.6. The average molecular weight is 298 g/mol. The van der Waals surface area contributed by atoms with Gasteiger partial charge in [-0.1, -0.05) is 31.2 Å². The van der Waals surface area contributed by atoms with Crippen molar-refractivity contribution in [1.29, 1.82) is 0 Å². The van der Waals surface area contributed by atoms with Crippen molar-refractivity contribution in [3.05, 3.63) is 41.5 Å². The van der Waals surface area contributed by atoms with Gasteiger partial charge in [0.05, 0.1) is 0 Å². The summed E-state index contributed by atoms with van der Waals surface area (Å²) in [5.74, 6) is -0.384. The number of hydrogen-bond donors (Lipinski definition) is 1. The number of aromatic hydroxyl groups is 1. The molecule has 3 heteroatoms. The SMILES string of the molecule is CCC1(OC(=O)c2cc(C)c3ccccc3c2O)CCCC1. The standard InChI is InChI=1S/C19H22O3/c1-3-19(10-6-7-11-19)22-18(21)16-12-13(2)14-8-4-5-9-15(14)17(16)20/h4-5,8-9,12,20H,3,6-7,10-11H2,1-2H3. The molecule has 0 radical (unpaired) electrons. The molecule has 2 aromatic carbocycles. The van der Waals surface area contributed by atoms with Crippen molar-refractivity contribution in [2.45, 2.75) is 51.6 Å². The molecular weight excluding hydrogens is 276 g/mol. The van der Waals surface area contributed by atoms with Crippen LogP contribution in [0.15, 0.2) is 30.3 Å². The zero-order valence-electron chi connectivity index (χ0n) is 13.2. The minimum atomic E-state index is -0.407. The number of carbonyl (C=O) groups is 1. The summed E-state index contributed by atoms with van der Waals surface area (Å²) < 4.78 is 5.82. The fourth-order valence-electron chi connectivity index (χ4n) is 3.50. The molecule has 2 aromatic rings. The Morgan fingerprint density at radius 1 is 1.23 bits per heavy atom. The number of phenolic OH excluding ortho intramolecular Hbond substituents is 1. The third-order valence-corrected chi connectivity index (χ3v) is 4.91. The van der Waals surface area contributed by atoms with Crippen LogP contribution in [0, 0.1) is 6.92 Å². The van der Waals surface area contributed by atoms with Crippen molar-refractivity contribution in [1.82, 2.24) is 0 Å². The number of hydrogen-bond acceptors (Lipinski definition) is 3. The lowest BCUT2D eigenvalue weighted by molar-refractivity contribution is -0.0174. The Hall–Kier alpha value is -2.03. The fraction of sp³-hybridized carbons (Fsp3) is 0.421. The van der Waals surface area contributed by atoms with E-state index >= 15 is 0 Å². The average Bonchev–Trinajstić information content (AvgIpc) is 3.00. The van der Waals surface area contributed by atoms with Crippen molar-refractivity contribution in [3.63, 3.8) is 0 Å². The number of fused-ring (bicyclic) bond motifs is 1. The highest BCUT2D eigenvalue weighted by Crippen LogP contribution is 2.38. The highest BCUT2D eigenvalue weighted by Gasteiger charge is 2.36. The first-order valence-corrected chi connectivity index (χ1v) is 8.01. The van der Waals surface area contributed by atoms with Crippen LogP contribution in [-0.4, -0.2) is 16.7 Å². The predicted molar refractivity (Wildman–Crippen MR) is 87.3 cm³/mol. The van der Waals surface area contributed by atoms with E-state index in [1.807, 2.05) is 31.2 Å². The van der Waals surface area contributed by atoms with Gasteiger partial charge in [0.15, 0.2) is 0 Å². The van der Waals surface area contributed by atoms with Crippen molar-refractivity contribution >= 4 is 16.7 Å². The Balaban J connectivity index is 1.99. The van der Waals surface area contributed by atoms with Gasteiger partial charge in [0.2, 0.25) is 0 Å². The van der Waals surface area contributed by atoms with Crippen molar-refractivity contribution in [3.8, 4) is 5.75 Å². The lowest BCUT2D eigenvalue weighted by atomic mass is 9.97. The molecule has 0 heterocycles. The molecule has 116 valence electrons. The minimum Gasteiger partial charge on any atom is -0.506 e. The van der Waals surface area contributed by atoms with Crippen LogP contribution in [0.4, 0.5) is 0 Å². The Bertz CT molecular complexity index is 712. The summed E-state index contributed by atoms with van der Waals surface area (Å²) in [4.78, 5) is 12.6. The highest BCUT2D eigenvalue weighted by atomic mass is 16.6. The van der Waals surface area contributed by atoms with Gasteiger partial charge >= 0.3 is 5.97 Å². The normalized spacial score (nSPS) is 16.8. The van der Waals surface area contributed by atoms with Gasteiger partial charge in [-0.2, -0.15) is 0 Å². The van der Waals surface area contributed by atoms with Gasteiger partial charge in [-0.3, -0.25) is 0 Å². The summed E-state index contributed by atoms with van der Waals surface area (Å²) in [5.41, 5.74) is 0.900. The summed E-state index contributed by atoms with van der Waals surface area (Å²) in [6.45, 7) is 4.01. The van der Waals surface area contributed by atoms with E-state index in [1.54, 1.807) is 6.07 Å². The van der Waals surface area contributed by atoms with Crippen LogP contribution in [0.5, 0.6) is 5.75 Å². The summed E-state index contributed by atoms with van der Waals surface area (Å²) in [5, 5.41) is 12.1. The van der Waals surface area contributed by atoms with Crippen molar-refractivity contribution in [2.24, 2.45) is 0 Å². The number of esters is 1. The molecule has 0 aromatic heterocycles. The molecule has 3 nitrogen and oxygen atoms in total. The van der Waals surface area contributed by atoms with Crippen LogP contribution in [-0.2, 0) is 4.74 Å². The second-order valence-corrected chi connectivity index (χ2v) is 6.27. The van der Waals surface area contributed by atoms with Gasteiger partial charge in [0.25, 0.3) is 0 Å². The molecular formula is C19H22O3. The molecule has 0 amide bonds. The number of benzene rings is 2. The van der Waals surface area contributed by atoms with E-state index in [1.165, 1.54) is 0 Å². The molecule has 0 unspecified atom stereocenters. The second-order valence-electron chi connectivity index (χ2n) is 6.27. The summed E-state index contributed by atoms with van der Waals surface area (Å²) in [7, 11) is 0. The van der Waals surface area contributed by atoms with Crippen LogP contribution in [0.2, 0.25) is 0 Å². The Morgan fingerprint density at radius 3 is 2.50 bits per heavy atom. The molecule has 0 atom stereocenters. The Morgan fingerprint density at radius 2 is 1.86 bits per heavy atom. The van der Waals surface area contributed by atoms with E-state index < -0.39 is 5.97 Å². The molecule has 0 bridgehead atoms. The second kappa shape index (κ2) is 5.64. The number of aryl methyl sites for hydroxylation is 1. The van der Waals surface area contributed by atoms with Crippen LogP contribution >= 0.6 is 0 Å². The molecule has 22 heavy (non-hydrogen) atoms. The Labute approximate surface area is 130 Å². The molecule has 1 aliphatic rings. The van der Waals surface area contributed by atoms with Gasteiger partial charge in [-0.15, -0.1) is 0 Å². The zero-order chi connectivity index (χ0) is 15.7. The quantitative estimate of drug-likeness (QED) is 0.833. The zero-order valence-corrected chi connectivity index (χ0v) is 13.2. The van der Waals surface area contributed by atoms with Crippen LogP contribution in [0.1, 0.15) is 54.9 Å². The van der Waals surface area contributed by atoms with Gasteiger partial charge < -0.3 is 9.84 Å². The molecule has 0 saturated heterocycles. The van der Waals surface area contributed by atoms with Crippen LogP contribution in [0.3, 0.4) is 0 Å². The van der Waals surface area contributed by atoms with Crippen molar-refractivity contribution in [2.75, 3.05) is 0 Å². The maximum Gasteiger partial charge on any atom is 0.342 e. The maximum absolute atomic E-state index is 12.6. The smallest absolute Gasteiger partial charge is 0.342 e. The lowest BCUT2D eigenvalue weighted by Gasteiger charge is -2.28. The molecule has 1 fully saturated rings. The maximum atomic E-state index is 12.6. The monoisotopic (exact) mass is 298 g/mol. The largest absolute Gasteiger partial charge is 0.506 e. The number of carbonyl (C=O) groups excluding carboxylic acids is 1. The van der Waals surface area contributed by atoms with Gasteiger partial charge in [0, 0.05) is 5.39 Å². The van der Waals surface area contributed by atoms with Gasteiger partial charge in [-0.25, -0.2) is 4.79 Å². The van der Waals surface area contributed by atoms with E-state index in [9.17, 15) is 9.90 Å². The summed E-state index contributed by atoms with van der Waals surface area (Å²) in [6, 6.07) is 9.31. The van der Waals surface area contributed by atoms with Crippen LogP contribution < -0.4 is 0 Å². The van der Waals surface area contributed by atoms with Gasteiger partial charge in [0.1, 0.15) is 16.9 Å². The lowest BCUT2D eigenvalue weighted by Crippen LogP contribution is -2.31. The topological polar surface area (TPSA) is 46.5 Å². The third kappa shape index (κ3) is 2.45. The number of rotatable bonds is 3. The first kappa shape index (κ1) is 14.9. The van der Waals surface area contributed by atoms with E-state index in [2.05, 4.69) is 6.92 Å². The molecule has 0 aliphatic heterocycles. The van der Waals surface area contributed by atoms with E-state index in [0.29, 0.717) is 5.39 Å². The van der Waals surface area contributed by atoms with E-state index in [-0.39, 0.29) is 16.9 Å². The number of ether oxygens (including phenoxy) is 1. The van der Waals surface area contributed by atoms with Crippen molar-refractivity contribution < 1.29 is 14.6 Å². The summed E-state index contributed by atoms with van der Waals surface area (Å²) >= 11 is 0. The third-order valence-electron chi connectivity index (χ3n) is 4.91. The molecule has 0 spiro atoms. The van der Waals surface area contributed by atoms with Crippen LogP contribution in [0.25, 0.3) is 10.8 Å².